The number of H-pyrrole nitrogens is 2. The van der Waals surface area contributed by atoms with Crippen LogP contribution in [-0.2, 0) is 0 Å². The second-order valence-corrected chi connectivity index (χ2v) is 16.4. The van der Waals surface area contributed by atoms with Crippen LogP contribution in [0, 0.1) is 10.8 Å². The van der Waals surface area contributed by atoms with Crippen LogP contribution in [-0.4, -0.2) is 79.8 Å². The molecule has 0 unspecified atom stereocenters. The minimum atomic E-state index is -2.73. The summed E-state index contributed by atoms with van der Waals surface area (Å²) in [7, 11) is 0. The van der Waals surface area contributed by atoms with Gasteiger partial charge in [0, 0.05) is 75.4 Å². The Morgan fingerprint density at radius 1 is 0.691 bits per heavy atom. The maximum Gasteiger partial charge on any atom is 0.318 e. The number of piperidine rings is 2. The molecule has 2 aromatic carbocycles. The first-order chi connectivity index (χ1) is 26.0. The average Bonchev–Trinajstić information content (AvgIpc) is 3.50. The quantitative estimate of drug-likeness (QED) is 0.120. The van der Waals surface area contributed by atoms with E-state index in [9.17, 15) is 27.2 Å². The minimum Gasteiger partial charge on any atom is -0.346 e. The summed E-state index contributed by atoms with van der Waals surface area (Å²) in [5.74, 6) is -4.20. The summed E-state index contributed by atoms with van der Waals surface area (Å²) in [6.45, 7) is 8.32. The maximum atomic E-state index is 13.7. The van der Waals surface area contributed by atoms with Crippen LogP contribution in [0.25, 0.3) is 33.6 Å². The monoisotopic (exact) mass is 762 g/mol. The predicted octanol–water partition coefficient (Wildman–Crippen LogP) is 9.33. The average molecular weight is 763 g/mol. The maximum absolute atomic E-state index is 13.7. The van der Waals surface area contributed by atoms with Gasteiger partial charge in [-0.05, 0) is 41.2 Å². The highest BCUT2D eigenvalue weighted by atomic mass is 19.3. The summed E-state index contributed by atoms with van der Waals surface area (Å²) < 4.78 is 54.8. The van der Waals surface area contributed by atoms with E-state index in [1.165, 1.54) is 9.80 Å². The number of carbonyl (C=O) groups excluding carboxylic acids is 2. The fraction of sp³-hybridized carbons (Fsp3) is 0.512. The first-order valence-electron chi connectivity index (χ1n) is 19.2. The highest BCUT2D eigenvalue weighted by Crippen LogP contribution is 2.54. The van der Waals surface area contributed by atoms with Crippen molar-refractivity contribution in [2.24, 2.45) is 10.8 Å². The molecule has 1 saturated carbocycles. The fourth-order valence-corrected chi connectivity index (χ4v) is 7.33. The van der Waals surface area contributed by atoms with Crippen molar-refractivity contribution in [1.82, 2.24) is 40.4 Å². The number of imidazole rings is 2. The molecule has 0 spiro atoms. The lowest BCUT2D eigenvalue weighted by Crippen LogP contribution is -2.50. The third-order valence-electron chi connectivity index (χ3n) is 12.0. The van der Waals surface area contributed by atoms with Crippen LogP contribution >= 0.6 is 0 Å². The van der Waals surface area contributed by atoms with Gasteiger partial charge in [-0.15, -0.1) is 0 Å². The second-order valence-electron chi connectivity index (χ2n) is 16.4. The third-order valence-corrected chi connectivity index (χ3v) is 12.0. The number of benzene rings is 2. The molecular weight excluding hydrogens is 712 g/mol. The molecule has 3 fully saturated rings. The number of carbonyl (C=O) groups is 2. The molecule has 2 aromatic heterocycles. The summed E-state index contributed by atoms with van der Waals surface area (Å²) in [6, 6.07) is 14.6. The zero-order valence-electron chi connectivity index (χ0n) is 31.8. The summed E-state index contributed by atoms with van der Waals surface area (Å²) in [4.78, 5) is 45.4. The van der Waals surface area contributed by atoms with Gasteiger partial charge < -0.3 is 30.4 Å². The number of aromatic nitrogens is 4. The Morgan fingerprint density at radius 3 is 1.53 bits per heavy atom. The highest BCUT2D eigenvalue weighted by Gasteiger charge is 2.48. The molecule has 1 aliphatic carbocycles. The van der Waals surface area contributed by atoms with Crippen molar-refractivity contribution in [3.8, 4) is 33.6 Å². The Labute approximate surface area is 318 Å². The number of amides is 4. The number of nitrogens with zero attached hydrogens (tertiary/aromatic N) is 4. The molecule has 294 valence electrons. The zero-order valence-corrected chi connectivity index (χ0v) is 31.8. The molecule has 4 aromatic rings. The zero-order chi connectivity index (χ0) is 39.2. The molecule has 55 heavy (non-hydrogen) atoms. The normalized spacial score (nSPS) is 20.1. The van der Waals surface area contributed by atoms with Crippen molar-refractivity contribution in [2.45, 2.75) is 96.6 Å². The first kappa shape index (κ1) is 38.4. The van der Waals surface area contributed by atoms with Crippen LogP contribution in [0.2, 0.25) is 0 Å². The van der Waals surface area contributed by atoms with Crippen LogP contribution in [0.5, 0.6) is 0 Å². The number of rotatable bonds is 10. The third kappa shape index (κ3) is 8.52. The van der Waals surface area contributed by atoms with Gasteiger partial charge in [-0.2, -0.15) is 0 Å². The molecule has 2 atom stereocenters. The molecule has 4 heterocycles. The van der Waals surface area contributed by atoms with E-state index in [1.807, 2.05) is 81.7 Å². The summed E-state index contributed by atoms with van der Waals surface area (Å²) in [6.07, 6.45) is 4.95. The predicted molar refractivity (Wildman–Crippen MR) is 203 cm³/mol. The number of hydrogen-bond donors (Lipinski definition) is 4. The molecule has 3 aliphatic rings. The van der Waals surface area contributed by atoms with Crippen LogP contribution in [0.1, 0.15) is 96.4 Å². The lowest BCUT2D eigenvalue weighted by atomic mass is 9.81. The Kier molecular flexibility index (Phi) is 10.2. The summed E-state index contributed by atoms with van der Waals surface area (Å²) in [5, 5.41) is 6.16. The van der Waals surface area contributed by atoms with Gasteiger partial charge in [0.25, 0.3) is 11.8 Å². The van der Waals surface area contributed by atoms with E-state index in [0.29, 0.717) is 11.6 Å². The van der Waals surface area contributed by atoms with Crippen molar-refractivity contribution >= 4 is 12.1 Å². The number of alkyl halides is 4. The molecule has 4 N–H and O–H groups in total. The van der Waals surface area contributed by atoms with Gasteiger partial charge in [-0.3, -0.25) is 0 Å². The van der Waals surface area contributed by atoms with Crippen molar-refractivity contribution in [3.05, 3.63) is 72.6 Å². The fourth-order valence-electron chi connectivity index (χ4n) is 7.33. The lowest BCUT2D eigenvalue weighted by Gasteiger charge is -2.37. The van der Waals surface area contributed by atoms with Gasteiger partial charge in [0.1, 0.15) is 11.6 Å². The smallest absolute Gasteiger partial charge is 0.318 e. The van der Waals surface area contributed by atoms with E-state index in [4.69, 9.17) is 9.97 Å². The minimum absolute atomic E-state index is 0.0107. The van der Waals surface area contributed by atoms with E-state index >= 15 is 0 Å². The number of urea groups is 2. The van der Waals surface area contributed by atoms with Gasteiger partial charge >= 0.3 is 12.1 Å². The van der Waals surface area contributed by atoms with E-state index < -0.39 is 17.9 Å². The lowest BCUT2D eigenvalue weighted by molar-refractivity contribution is -0.0480. The number of aromatic amines is 2. The van der Waals surface area contributed by atoms with Crippen LogP contribution in [0.4, 0.5) is 27.2 Å². The summed E-state index contributed by atoms with van der Waals surface area (Å²) >= 11 is 0. The largest absolute Gasteiger partial charge is 0.346 e. The number of hydrogen-bond acceptors (Lipinski definition) is 4. The second kappa shape index (κ2) is 14.6. The highest BCUT2D eigenvalue weighted by molar-refractivity contribution is 5.76. The summed E-state index contributed by atoms with van der Waals surface area (Å²) in [5.41, 5.74) is 4.78. The molecule has 10 nitrogen and oxygen atoms in total. The van der Waals surface area contributed by atoms with Crippen molar-refractivity contribution in [3.63, 3.8) is 0 Å². The standard InChI is InChI=1S/C41H50F4N8O2/c1-5-38(2,3)32(50-36(54)52-20-16-40(42,43)17-21-52)34-46-24-30(48-34)28-10-6-26(7-11-28)27-8-12-29(13-9-27)31-25-47-35(49-31)33(39(4)14-15-39)51-37(55)53-22-18-41(44,45)19-23-53/h6-13,24-25,32-33H,5,14-23H2,1-4H3,(H,46,48)(H,47,49)(H,50,54)(H,51,55)/t32-,33-/m1/s1. The van der Waals surface area contributed by atoms with Gasteiger partial charge in [-0.1, -0.05) is 76.2 Å². The van der Waals surface area contributed by atoms with Crippen molar-refractivity contribution in [1.29, 1.82) is 0 Å². The molecular formula is C41H50F4N8O2. The van der Waals surface area contributed by atoms with E-state index in [1.54, 1.807) is 0 Å². The van der Waals surface area contributed by atoms with Gasteiger partial charge in [-0.25, -0.2) is 37.1 Å². The Morgan fingerprint density at radius 2 is 1.09 bits per heavy atom. The SMILES string of the molecule is CCC(C)(C)[C@H](NC(=O)N1CCC(F)(F)CC1)c1nc(-c2ccc(-c3ccc(-c4c[nH]c([C@@H](NC(=O)N5CCC(F)(F)CC5)C5(C)CC5)n4)cc3)cc2)c[nH]1. The van der Waals surface area contributed by atoms with Crippen molar-refractivity contribution in [2.75, 3.05) is 26.2 Å². The van der Waals surface area contributed by atoms with Crippen LogP contribution in [0.15, 0.2) is 60.9 Å². The van der Waals surface area contributed by atoms with Gasteiger partial charge in [0.05, 0.1) is 23.5 Å². The van der Waals surface area contributed by atoms with Gasteiger partial charge in [0.15, 0.2) is 0 Å². The number of likely N-dealkylation sites (tertiary alicyclic amines) is 2. The Hall–Kier alpha value is -4.88. The molecule has 7 rings (SSSR count). The van der Waals surface area contributed by atoms with E-state index in [-0.39, 0.29) is 80.8 Å². The first-order valence-corrected chi connectivity index (χ1v) is 19.2. The molecule has 0 radical (unpaired) electrons. The Balaban J connectivity index is 1.01. The molecule has 14 heteroatoms. The number of nitrogens with one attached hydrogen (secondary N) is 4. The molecule has 2 aliphatic heterocycles. The van der Waals surface area contributed by atoms with E-state index in [0.717, 1.165) is 52.9 Å². The van der Waals surface area contributed by atoms with Crippen molar-refractivity contribution < 1.29 is 27.2 Å². The molecule has 0 bridgehead atoms. The van der Waals surface area contributed by atoms with Gasteiger partial charge in [0.2, 0.25) is 0 Å². The van der Waals surface area contributed by atoms with Crippen LogP contribution < -0.4 is 10.6 Å². The Bertz CT molecular complexity index is 1970. The topological polar surface area (TPSA) is 122 Å². The number of halogens is 4. The van der Waals surface area contributed by atoms with Crippen LogP contribution in [0.3, 0.4) is 0 Å². The molecule has 4 amide bonds. The van der Waals surface area contributed by atoms with E-state index in [2.05, 4.69) is 27.5 Å². The molecule has 2 saturated heterocycles.